The van der Waals surface area contributed by atoms with Crippen molar-refractivity contribution < 1.29 is 14.7 Å². The molecule has 4 rings (SSSR count). The molecule has 5 heteroatoms. The number of likely N-dealkylation sites (tertiary alicyclic amines) is 2. The van der Waals surface area contributed by atoms with Gasteiger partial charge in [0.1, 0.15) is 0 Å². The lowest BCUT2D eigenvalue weighted by molar-refractivity contribution is -0.133. The second kappa shape index (κ2) is 8.58. The highest BCUT2D eigenvalue weighted by molar-refractivity contribution is 6.10. The number of carbonyl (C=O) groups is 2. The highest BCUT2D eigenvalue weighted by Crippen LogP contribution is 2.34. The van der Waals surface area contributed by atoms with Crippen LogP contribution in [0.4, 0.5) is 0 Å². The number of piperidine rings is 2. The van der Waals surface area contributed by atoms with Gasteiger partial charge in [-0.15, -0.1) is 0 Å². The Balaban J connectivity index is 1.37. The van der Waals surface area contributed by atoms with Gasteiger partial charge in [-0.2, -0.15) is 0 Å². The van der Waals surface area contributed by atoms with Gasteiger partial charge >= 0.3 is 0 Å². The van der Waals surface area contributed by atoms with Crippen molar-refractivity contribution in [1.82, 2.24) is 9.80 Å². The van der Waals surface area contributed by atoms with E-state index in [2.05, 4.69) is 4.90 Å². The highest BCUT2D eigenvalue weighted by atomic mass is 16.3. The minimum absolute atomic E-state index is 0.0795. The van der Waals surface area contributed by atoms with E-state index in [1.165, 1.54) is 0 Å². The number of Topliss-reactive ketones (excluding diaryl/α,β-unsaturated/α-hetero) is 1. The summed E-state index contributed by atoms with van der Waals surface area (Å²) in [6, 6.07) is 10.4. The number of benzene rings is 1. The molecule has 1 unspecified atom stereocenters. The summed E-state index contributed by atoms with van der Waals surface area (Å²) < 4.78 is 0. The summed E-state index contributed by atoms with van der Waals surface area (Å²) in [4.78, 5) is 29.6. The molecule has 5 nitrogen and oxygen atoms in total. The third kappa shape index (κ3) is 4.20. The Kier molecular flexibility index (Phi) is 5.93. The number of aliphatic hydroxyl groups excluding tert-OH is 1. The van der Waals surface area contributed by atoms with Gasteiger partial charge in [-0.3, -0.25) is 14.5 Å². The standard InChI is InChI=1S/C23H30N2O3/c26-19-7-4-12-25(16-19)18-10-13-24(14-11-18)23(28)15-21-20(8-9-22(21)27)17-5-2-1-3-6-17/h1-3,5-6,18-19,26H,4,7-16H2. The van der Waals surface area contributed by atoms with E-state index in [0.717, 1.165) is 75.0 Å². The van der Waals surface area contributed by atoms with Crippen LogP contribution in [0.2, 0.25) is 0 Å². The van der Waals surface area contributed by atoms with Gasteiger partial charge < -0.3 is 10.0 Å². The van der Waals surface area contributed by atoms with Crippen LogP contribution >= 0.6 is 0 Å². The molecular formula is C23H30N2O3. The van der Waals surface area contributed by atoms with Gasteiger partial charge in [-0.25, -0.2) is 0 Å². The zero-order valence-corrected chi connectivity index (χ0v) is 16.5. The van der Waals surface area contributed by atoms with Gasteiger partial charge in [-0.1, -0.05) is 30.3 Å². The largest absolute Gasteiger partial charge is 0.392 e. The number of hydrogen-bond acceptors (Lipinski definition) is 4. The number of ketones is 1. The normalized spacial score (nSPS) is 24.8. The zero-order chi connectivity index (χ0) is 19.5. The van der Waals surface area contributed by atoms with Gasteiger partial charge in [0.25, 0.3) is 0 Å². The van der Waals surface area contributed by atoms with E-state index in [0.29, 0.717) is 12.5 Å². The Morgan fingerprint density at radius 2 is 1.79 bits per heavy atom. The highest BCUT2D eigenvalue weighted by Gasteiger charge is 2.32. The van der Waals surface area contributed by atoms with Crippen LogP contribution in [-0.4, -0.2) is 64.9 Å². The van der Waals surface area contributed by atoms with Crippen molar-refractivity contribution in [2.75, 3.05) is 26.2 Å². The molecule has 1 aromatic carbocycles. The molecule has 0 saturated carbocycles. The summed E-state index contributed by atoms with van der Waals surface area (Å²) in [6.45, 7) is 3.31. The molecular weight excluding hydrogens is 352 g/mol. The molecule has 1 atom stereocenters. The number of aliphatic hydroxyl groups is 1. The van der Waals surface area contributed by atoms with E-state index in [4.69, 9.17) is 0 Å². The first kappa shape index (κ1) is 19.3. The van der Waals surface area contributed by atoms with Gasteiger partial charge in [0.15, 0.2) is 5.78 Å². The first-order valence-electron chi connectivity index (χ1n) is 10.6. The van der Waals surface area contributed by atoms with Gasteiger partial charge in [0.05, 0.1) is 12.5 Å². The second-order valence-corrected chi connectivity index (χ2v) is 8.33. The number of rotatable bonds is 4. The Labute approximate surface area is 167 Å². The lowest BCUT2D eigenvalue weighted by Crippen LogP contribution is -2.50. The first-order chi connectivity index (χ1) is 13.6. The van der Waals surface area contributed by atoms with Crippen LogP contribution in [0, 0.1) is 0 Å². The summed E-state index contributed by atoms with van der Waals surface area (Å²) in [5.41, 5.74) is 2.84. The third-order valence-corrected chi connectivity index (χ3v) is 6.51. The number of amides is 1. The summed E-state index contributed by atoms with van der Waals surface area (Å²) >= 11 is 0. The minimum Gasteiger partial charge on any atom is -0.392 e. The molecule has 1 aromatic rings. The van der Waals surface area contributed by atoms with Gasteiger partial charge in [0, 0.05) is 37.7 Å². The number of allylic oxidation sites excluding steroid dienone is 1. The third-order valence-electron chi connectivity index (χ3n) is 6.51. The molecule has 0 aromatic heterocycles. The summed E-state index contributed by atoms with van der Waals surface area (Å²) in [5, 5.41) is 9.91. The number of nitrogens with zero attached hydrogens (tertiary/aromatic N) is 2. The summed E-state index contributed by atoms with van der Waals surface area (Å²) in [6.07, 6.45) is 5.16. The molecule has 0 spiro atoms. The molecule has 1 aliphatic carbocycles. The lowest BCUT2D eigenvalue weighted by Gasteiger charge is -2.41. The Morgan fingerprint density at radius 3 is 2.50 bits per heavy atom. The summed E-state index contributed by atoms with van der Waals surface area (Å²) in [5.74, 6) is 0.209. The topological polar surface area (TPSA) is 60.9 Å². The van der Waals surface area contributed by atoms with E-state index in [1.807, 2.05) is 35.2 Å². The minimum atomic E-state index is -0.204. The predicted octanol–water partition coefficient (Wildman–Crippen LogP) is 2.64. The SMILES string of the molecule is O=C1CCC(c2ccccc2)=C1CC(=O)N1CCC(N2CCCC(O)C2)CC1. The van der Waals surface area contributed by atoms with Crippen LogP contribution in [0.25, 0.3) is 5.57 Å². The maximum absolute atomic E-state index is 12.9. The first-order valence-corrected chi connectivity index (χ1v) is 10.6. The van der Waals surface area contributed by atoms with Crippen molar-refractivity contribution in [3.8, 4) is 0 Å². The van der Waals surface area contributed by atoms with Crippen LogP contribution in [0.15, 0.2) is 35.9 Å². The Morgan fingerprint density at radius 1 is 1.04 bits per heavy atom. The number of carbonyl (C=O) groups excluding carboxylic acids is 2. The van der Waals surface area contributed by atoms with Crippen molar-refractivity contribution >= 4 is 17.3 Å². The maximum Gasteiger partial charge on any atom is 0.227 e. The van der Waals surface area contributed by atoms with E-state index >= 15 is 0 Å². The second-order valence-electron chi connectivity index (χ2n) is 8.33. The van der Waals surface area contributed by atoms with Crippen molar-refractivity contribution in [3.05, 3.63) is 41.5 Å². The van der Waals surface area contributed by atoms with Crippen LogP contribution in [0.1, 0.15) is 50.5 Å². The monoisotopic (exact) mass is 382 g/mol. The van der Waals surface area contributed by atoms with E-state index < -0.39 is 0 Å². The van der Waals surface area contributed by atoms with Crippen LogP contribution in [0.5, 0.6) is 0 Å². The van der Waals surface area contributed by atoms with Gasteiger partial charge in [0.2, 0.25) is 5.91 Å². The smallest absolute Gasteiger partial charge is 0.227 e. The molecule has 2 saturated heterocycles. The molecule has 2 aliphatic heterocycles. The number of hydrogen-bond donors (Lipinski definition) is 1. The maximum atomic E-state index is 12.9. The lowest BCUT2D eigenvalue weighted by atomic mass is 9.97. The van der Waals surface area contributed by atoms with Crippen molar-refractivity contribution in [2.45, 2.75) is 57.1 Å². The van der Waals surface area contributed by atoms with Crippen molar-refractivity contribution in [2.24, 2.45) is 0 Å². The average molecular weight is 383 g/mol. The molecule has 0 radical (unpaired) electrons. The molecule has 1 amide bonds. The van der Waals surface area contributed by atoms with Crippen LogP contribution in [-0.2, 0) is 9.59 Å². The van der Waals surface area contributed by atoms with Crippen LogP contribution in [0.3, 0.4) is 0 Å². The predicted molar refractivity (Wildman–Crippen MR) is 109 cm³/mol. The molecule has 2 fully saturated rings. The zero-order valence-electron chi connectivity index (χ0n) is 16.5. The molecule has 0 bridgehead atoms. The fraction of sp³-hybridized carbons (Fsp3) is 0.565. The number of β-amino-alcohol motifs (C(OH)–C–C–N with tert-alkyl or cyclic N) is 1. The Hall–Kier alpha value is -1.98. The quantitative estimate of drug-likeness (QED) is 0.870. The molecule has 28 heavy (non-hydrogen) atoms. The van der Waals surface area contributed by atoms with E-state index in [-0.39, 0.29) is 24.2 Å². The van der Waals surface area contributed by atoms with Crippen molar-refractivity contribution in [1.29, 1.82) is 0 Å². The average Bonchev–Trinajstić information content (AvgIpc) is 3.09. The van der Waals surface area contributed by atoms with E-state index in [9.17, 15) is 14.7 Å². The molecule has 3 aliphatic rings. The molecule has 2 heterocycles. The van der Waals surface area contributed by atoms with Crippen molar-refractivity contribution in [3.63, 3.8) is 0 Å². The van der Waals surface area contributed by atoms with Gasteiger partial charge in [-0.05, 0) is 49.8 Å². The van der Waals surface area contributed by atoms with E-state index in [1.54, 1.807) is 0 Å². The fourth-order valence-corrected chi connectivity index (χ4v) is 4.93. The van der Waals surface area contributed by atoms with Crippen LogP contribution < -0.4 is 0 Å². The summed E-state index contributed by atoms with van der Waals surface area (Å²) in [7, 11) is 0. The molecule has 1 N–H and O–H groups in total. The Bertz CT molecular complexity index is 750. The fourth-order valence-electron chi connectivity index (χ4n) is 4.93. The molecule has 150 valence electrons.